The number of carboxylic acids is 1. The highest BCUT2D eigenvalue weighted by Crippen LogP contribution is 2.29. The van der Waals surface area contributed by atoms with E-state index in [0.29, 0.717) is 0 Å². The Bertz CT molecular complexity index is 643. The summed E-state index contributed by atoms with van der Waals surface area (Å²) in [5, 5.41) is 9.18. The van der Waals surface area contributed by atoms with Gasteiger partial charge < -0.3 is 14.7 Å². The van der Waals surface area contributed by atoms with Gasteiger partial charge in [0.1, 0.15) is 5.75 Å². The fourth-order valence-corrected chi connectivity index (χ4v) is 2.11. The molecular weight excluding hydrogens is 278 g/mol. The van der Waals surface area contributed by atoms with E-state index in [1.807, 2.05) is 36.2 Å². The summed E-state index contributed by atoms with van der Waals surface area (Å²) in [5.74, 6) is -0.284. The topological polar surface area (TPSA) is 49.8 Å². The maximum atomic E-state index is 10.9. The number of anilines is 2. The van der Waals surface area contributed by atoms with Crippen LogP contribution in [0.3, 0.4) is 0 Å². The Balaban J connectivity index is 2.35. The molecule has 20 heavy (non-hydrogen) atoms. The van der Waals surface area contributed by atoms with Gasteiger partial charge in [0, 0.05) is 24.5 Å². The third kappa shape index (κ3) is 2.86. The number of halogens is 1. The van der Waals surface area contributed by atoms with Crippen molar-refractivity contribution in [1.82, 2.24) is 0 Å². The van der Waals surface area contributed by atoms with Gasteiger partial charge >= 0.3 is 5.97 Å². The van der Waals surface area contributed by atoms with Crippen molar-refractivity contribution in [1.29, 1.82) is 0 Å². The molecular formula is C15H14ClNO3. The molecule has 4 nitrogen and oxygen atoms in total. The van der Waals surface area contributed by atoms with E-state index in [9.17, 15) is 4.79 Å². The van der Waals surface area contributed by atoms with E-state index in [-0.39, 0.29) is 10.6 Å². The number of hydrogen-bond donors (Lipinski definition) is 1. The summed E-state index contributed by atoms with van der Waals surface area (Å²) in [4.78, 5) is 12.8. The first kappa shape index (κ1) is 14.2. The molecule has 104 valence electrons. The Morgan fingerprint density at radius 2 is 1.90 bits per heavy atom. The van der Waals surface area contributed by atoms with Crippen LogP contribution in [0, 0.1) is 0 Å². The molecule has 0 unspecified atom stereocenters. The lowest BCUT2D eigenvalue weighted by Crippen LogP contribution is -2.10. The molecule has 0 fully saturated rings. The molecule has 0 aliphatic rings. The first-order valence-electron chi connectivity index (χ1n) is 5.93. The maximum Gasteiger partial charge on any atom is 0.337 e. The quantitative estimate of drug-likeness (QED) is 0.930. The van der Waals surface area contributed by atoms with Gasteiger partial charge in [0.15, 0.2) is 0 Å². The van der Waals surface area contributed by atoms with Gasteiger partial charge in [-0.15, -0.1) is 0 Å². The third-order valence-corrected chi connectivity index (χ3v) is 3.32. The van der Waals surface area contributed by atoms with Crippen LogP contribution < -0.4 is 9.64 Å². The normalized spacial score (nSPS) is 10.2. The van der Waals surface area contributed by atoms with Gasteiger partial charge in [-0.3, -0.25) is 0 Å². The monoisotopic (exact) mass is 291 g/mol. The minimum absolute atomic E-state index is 0.0921. The standard InChI is InChI=1S/C15H14ClNO3/c1-17(10-4-3-5-12(8-10)20-2)11-6-7-13(15(18)19)14(16)9-11/h3-9H,1-2H3,(H,18,19). The maximum absolute atomic E-state index is 10.9. The second kappa shape index (κ2) is 5.84. The van der Waals surface area contributed by atoms with Gasteiger partial charge in [-0.25, -0.2) is 4.79 Å². The molecule has 0 spiro atoms. The fourth-order valence-electron chi connectivity index (χ4n) is 1.85. The summed E-state index contributed by atoms with van der Waals surface area (Å²) in [7, 11) is 3.48. The number of ether oxygens (including phenoxy) is 1. The van der Waals surface area contributed by atoms with E-state index in [2.05, 4.69) is 0 Å². The lowest BCUT2D eigenvalue weighted by Gasteiger charge is -2.20. The Morgan fingerprint density at radius 3 is 2.50 bits per heavy atom. The number of carbonyl (C=O) groups is 1. The molecule has 0 atom stereocenters. The highest BCUT2D eigenvalue weighted by molar-refractivity contribution is 6.33. The third-order valence-electron chi connectivity index (χ3n) is 3.01. The Labute approximate surface area is 122 Å². The summed E-state index contributed by atoms with van der Waals surface area (Å²) in [6, 6.07) is 12.4. The SMILES string of the molecule is COc1cccc(N(C)c2ccc(C(=O)O)c(Cl)c2)c1. The fraction of sp³-hybridized carbons (Fsp3) is 0.133. The van der Waals surface area contributed by atoms with Crippen molar-refractivity contribution in [3.8, 4) is 5.75 Å². The van der Waals surface area contributed by atoms with Crippen LogP contribution in [0.5, 0.6) is 5.75 Å². The number of hydrogen-bond acceptors (Lipinski definition) is 3. The van der Waals surface area contributed by atoms with Crippen molar-refractivity contribution in [3.63, 3.8) is 0 Å². The molecule has 2 aromatic rings. The molecule has 1 N–H and O–H groups in total. The molecule has 0 heterocycles. The molecule has 0 aliphatic heterocycles. The number of methoxy groups -OCH3 is 1. The van der Waals surface area contributed by atoms with Crippen molar-refractivity contribution < 1.29 is 14.6 Å². The molecule has 0 bridgehead atoms. The van der Waals surface area contributed by atoms with Crippen LogP contribution in [-0.4, -0.2) is 25.2 Å². The number of carboxylic acid groups (broad SMARTS) is 1. The molecule has 0 aromatic heterocycles. The number of rotatable bonds is 4. The molecule has 0 amide bonds. The van der Waals surface area contributed by atoms with Gasteiger partial charge in [0.05, 0.1) is 17.7 Å². The highest BCUT2D eigenvalue weighted by Gasteiger charge is 2.11. The van der Waals surface area contributed by atoms with E-state index in [4.69, 9.17) is 21.4 Å². The Kier molecular flexibility index (Phi) is 4.15. The van der Waals surface area contributed by atoms with Gasteiger partial charge in [-0.1, -0.05) is 17.7 Å². The molecule has 0 aliphatic carbocycles. The number of aromatic carboxylic acids is 1. The zero-order valence-corrected chi connectivity index (χ0v) is 11.9. The van der Waals surface area contributed by atoms with Crippen LogP contribution in [-0.2, 0) is 0 Å². The van der Waals surface area contributed by atoms with Gasteiger partial charge in [0.2, 0.25) is 0 Å². The Morgan fingerprint density at radius 1 is 1.20 bits per heavy atom. The van der Waals surface area contributed by atoms with Crippen molar-refractivity contribution in [2.24, 2.45) is 0 Å². The van der Waals surface area contributed by atoms with E-state index in [1.165, 1.54) is 6.07 Å². The van der Waals surface area contributed by atoms with E-state index < -0.39 is 5.97 Å². The smallest absolute Gasteiger partial charge is 0.337 e. The average molecular weight is 292 g/mol. The lowest BCUT2D eigenvalue weighted by atomic mass is 10.2. The zero-order chi connectivity index (χ0) is 14.7. The van der Waals surface area contributed by atoms with Crippen molar-refractivity contribution in [2.75, 3.05) is 19.1 Å². The van der Waals surface area contributed by atoms with E-state index >= 15 is 0 Å². The van der Waals surface area contributed by atoms with Crippen LogP contribution in [0.2, 0.25) is 5.02 Å². The van der Waals surface area contributed by atoms with Crippen LogP contribution in [0.1, 0.15) is 10.4 Å². The van der Waals surface area contributed by atoms with E-state index in [0.717, 1.165) is 17.1 Å². The molecule has 2 rings (SSSR count). The average Bonchev–Trinajstić information content (AvgIpc) is 2.46. The Hall–Kier alpha value is -2.20. The first-order chi connectivity index (χ1) is 9.52. The summed E-state index contributed by atoms with van der Waals surface area (Å²) in [6.45, 7) is 0. The van der Waals surface area contributed by atoms with Crippen LogP contribution in [0.25, 0.3) is 0 Å². The highest BCUT2D eigenvalue weighted by atomic mass is 35.5. The molecule has 0 radical (unpaired) electrons. The summed E-state index contributed by atoms with van der Waals surface area (Å²) < 4.78 is 5.18. The predicted octanol–water partition coefficient (Wildman–Crippen LogP) is 3.81. The lowest BCUT2D eigenvalue weighted by molar-refractivity contribution is 0.0697. The zero-order valence-electron chi connectivity index (χ0n) is 11.1. The first-order valence-corrected chi connectivity index (χ1v) is 6.31. The second-order valence-corrected chi connectivity index (χ2v) is 4.64. The van der Waals surface area contributed by atoms with Crippen LogP contribution >= 0.6 is 11.6 Å². The summed E-state index contributed by atoms with van der Waals surface area (Å²) in [6.07, 6.45) is 0. The van der Waals surface area contributed by atoms with Gasteiger partial charge in [-0.05, 0) is 30.3 Å². The predicted molar refractivity (Wildman–Crippen MR) is 79.5 cm³/mol. The van der Waals surface area contributed by atoms with Crippen molar-refractivity contribution in [2.45, 2.75) is 0 Å². The minimum atomic E-state index is -1.04. The minimum Gasteiger partial charge on any atom is -0.497 e. The number of nitrogens with zero attached hydrogens (tertiary/aromatic N) is 1. The number of benzene rings is 2. The van der Waals surface area contributed by atoms with Gasteiger partial charge in [-0.2, -0.15) is 0 Å². The second-order valence-electron chi connectivity index (χ2n) is 4.23. The molecule has 5 heteroatoms. The summed E-state index contributed by atoms with van der Waals surface area (Å²) >= 11 is 5.98. The molecule has 0 saturated carbocycles. The molecule has 2 aromatic carbocycles. The van der Waals surface area contributed by atoms with Crippen molar-refractivity contribution in [3.05, 3.63) is 53.1 Å². The van der Waals surface area contributed by atoms with E-state index in [1.54, 1.807) is 19.2 Å². The van der Waals surface area contributed by atoms with Gasteiger partial charge in [0.25, 0.3) is 0 Å². The molecule has 0 saturated heterocycles. The van der Waals surface area contributed by atoms with Crippen LogP contribution in [0.15, 0.2) is 42.5 Å². The van der Waals surface area contributed by atoms with Crippen LogP contribution in [0.4, 0.5) is 11.4 Å². The largest absolute Gasteiger partial charge is 0.497 e. The van der Waals surface area contributed by atoms with Crippen molar-refractivity contribution >= 4 is 28.9 Å². The summed E-state index contributed by atoms with van der Waals surface area (Å²) in [5.41, 5.74) is 1.81.